The van der Waals surface area contributed by atoms with Crippen molar-refractivity contribution in [2.45, 2.75) is 24.3 Å². The van der Waals surface area contributed by atoms with Gasteiger partial charge in [-0.25, -0.2) is 22.7 Å². The largest absolute Gasteiger partial charge is 0.471 e. The van der Waals surface area contributed by atoms with E-state index in [4.69, 9.17) is 23.5 Å². The van der Waals surface area contributed by atoms with Crippen molar-refractivity contribution in [3.63, 3.8) is 0 Å². The molecule has 1 aliphatic heterocycles. The number of hydrogen-bond donors (Lipinski definition) is 1. The molecule has 40 heavy (non-hydrogen) atoms. The number of nitrogens with zero attached hydrogens (tertiary/aromatic N) is 4. The Labute approximate surface area is 238 Å². The zero-order chi connectivity index (χ0) is 28.3. The van der Waals surface area contributed by atoms with Crippen molar-refractivity contribution in [2.75, 3.05) is 30.9 Å². The van der Waals surface area contributed by atoms with Crippen LogP contribution >= 0.6 is 15.9 Å². The highest BCUT2D eigenvalue weighted by molar-refractivity contribution is 9.10. The molecule has 0 saturated heterocycles. The summed E-state index contributed by atoms with van der Waals surface area (Å²) in [6.07, 6.45) is 3.10. The van der Waals surface area contributed by atoms with Gasteiger partial charge in [0.2, 0.25) is 6.79 Å². The molecule has 2 aromatic carbocycles. The number of aromatic nitrogens is 3. The topological polar surface area (TPSA) is 146 Å². The van der Waals surface area contributed by atoms with Gasteiger partial charge in [-0.05, 0) is 64.8 Å². The number of ether oxygens (including phenoxy) is 4. The molecule has 1 aliphatic rings. The lowest BCUT2D eigenvalue weighted by atomic mass is 10.0. The first-order valence-corrected chi connectivity index (χ1v) is 14.3. The molecule has 2 aromatic heterocycles. The highest BCUT2D eigenvalue weighted by Crippen LogP contribution is 2.46. The Morgan fingerprint density at radius 1 is 1.02 bits per heavy atom. The van der Waals surface area contributed by atoms with Gasteiger partial charge in [0.15, 0.2) is 11.5 Å². The van der Waals surface area contributed by atoms with Gasteiger partial charge in [-0.2, -0.15) is 0 Å². The molecular weight excluding hydrogens is 608 g/mol. The van der Waals surface area contributed by atoms with E-state index < -0.39 is 22.2 Å². The Balaban J connectivity index is 1.54. The molecule has 1 N–H and O–H groups in total. The first kappa shape index (κ1) is 27.7. The van der Waals surface area contributed by atoms with Crippen molar-refractivity contribution in [1.82, 2.24) is 15.1 Å². The number of rotatable bonds is 11. The zero-order valence-corrected chi connectivity index (χ0v) is 23.9. The molecular formula is C26H25BrN4O8S. The fourth-order valence-electron chi connectivity index (χ4n) is 3.92. The molecule has 0 fully saturated rings. The van der Waals surface area contributed by atoms with Crippen LogP contribution in [0.2, 0.25) is 0 Å². The number of halogens is 1. The molecule has 0 amide bonds. The van der Waals surface area contributed by atoms with Crippen molar-refractivity contribution in [1.29, 1.82) is 0 Å². The summed E-state index contributed by atoms with van der Waals surface area (Å²) in [7, 11) is -4.23. The van der Waals surface area contributed by atoms with Gasteiger partial charge < -0.3 is 28.6 Å². The first-order valence-electron chi connectivity index (χ1n) is 12.0. The molecule has 0 radical (unpaired) electrons. The molecule has 0 bridgehead atoms. The number of hydrogen-bond acceptors (Lipinski definition) is 11. The lowest BCUT2D eigenvalue weighted by Crippen LogP contribution is -2.50. The van der Waals surface area contributed by atoms with Crippen LogP contribution in [0.3, 0.4) is 0 Å². The Hall–Kier alpha value is -3.88. The van der Waals surface area contributed by atoms with Gasteiger partial charge in [-0.3, -0.25) is 0 Å². The number of sulfonamides is 1. The van der Waals surface area contributed by atoms with Crippen LogP contribution in [0, 0.1) is 0 Å². The fourth-order valence-corrected chi connectivity index (χ4v) is 5.89. The van der Waals surface area contributed by atoms with Crippen LogP contribution in [0.5, 0.6) is 23.4 Å². The number of anilines is 1. The summed E-state index contributed by atoms with van der Waals surface area (Å²) >= 11 is 3.27. The van der Waals surface area contributed by atoms with Gasteiger partial charge in [-0.15, -0.1) is 0 Å². The third-order valence-electron chi connectivity index (χ3n) is 5.86. The maximum absolute atomic E-state index is 14.0. The third kappa shape index (κ3) is 5.55. The van der Waals surface area contributed by atoms with Crippen LogP contribution in [0.1, 0.15) is 13.8 Å². The van der Waals surface area contributed by atoms with Crippen molar-refractivity contribution in [3.8, 4) is 34.5 Å². The predicted molar refractivity (Wildman–Crippen MR) is 146 cm³/mol. The van der Waals surface area contributed by atoms with Crippen LogP contribution in [-0.4, -0.2) is 60.8 Å². The monoisotopic (exact) mass is 632 g/mol. The van der Waals surface area contributed by atoms with Gasteiger partial charge >= 0.3 is 6.01 Å². The second-order valence-electron chi connectivity index (χ2n) is 9.17. The van der Waals surface area contributed by atoms with Gasteiger partial charge in [0.25, 0.3) is 21.8 Å². The minimum absolute atomic E-state index is 0.00919. The highest BCUT2D eigenvalue weighted by atomic mass is 79.9. The highest BCUT2D eigenvalue weighted by Gasteiger charge is 2.42. The second-order valence-corrected chi connectivity index (χ2v) is 11.9. The minimum atomic E-state index is -4.23. The number of fused-ring (bicyclic) bond motifs is 1. The van der Waals surface area contributed by atoms with Gasteiger partial charge in [0.1, 0.15) is 18.8 Å². The molecule has 0 unspecified atom stereocenters. The van der Waals surface area contributed by atoms with Gasteiger partial charge in [0, 0.05) is 12.4 Å². The van der Waals surface area contributed by atoms with Crippen molar-refractivity contribution in [3.05, 3.63) is 65.4 Å². The van der Waals surface area contributed by atoms with Gasteiger partial charge in [0.05, 0.1) is 21.5 Å². The number of aliphatic hydroxyl groups excluding tert-OH is 1. The maximum atomic E-state index is 14.0. The Kier molecular flexibility index (Phi) is 7.83. The van der Waals surface area contributed by atoms with E-state index in [-0.39, 0.29) is 48.2 Å². The molecule has 3 heterocycles. The first-order chi connectivity index (χ1) is 19.2. The van der Waals surface area contributed by atoms with Crippen molar-refractivity contribution in [2.24, 2.45) is 0 Å². The maximum Gasteiger partial charge on any atom is 0.316 e. The zero-order valence-electron chi connectivity index (χ0n) is 21.5. The molecule has 14 heteroatoms. The Morgan fingerprint density at radius 3 is 2.45 bits per heavy atom. The van der Waals surface area contributed by atoms with Crippen LogP contribution < -0.4 is 23.3 Å². The van der Waals surface area contributed by atoms with Crippen LogP contribution in [0.15, 0.2) is 74.8 Å². The molecule has 0 atom stereocenters. The van der Waals surface area contributed by atoms with E-state index in [1.54, 1.807) is 62.6 Å². The Bertz CT molecular complexity index is 1580. The van der Waals surface area contributed by atoms with E-state index in [1.807, 2.05) is 0 Å². The van der Waals surface area contributed by atoms with E-state index in [0.29, 0.717) is 21.5 Å². The normalized spacial score (nSPS) is 12.8. The minimum Gasteiger partial charge on any atom is -0.471 e. The molecule has 4 aromatic rings. The number of aliphatic hydroxyl groups is 1. The summed E-state index contributed by atoms with van der Waals surface area (Å²) in [6, 6.07) is 13.1. The lowest BCUT2D eigenvalue weighted by Gasteiger charge is -2.35. The molecule has 5 rings (SSSR count). The van der Waals surface area contributed by atoms with E-state index in [2.05, 4.69) is 31.1 Å². The standard InChI is InChI=1S/C26H25BrN4O8S/c1-26(2,15-32)31(40(33,34)19-6-4-3-5-7-19)24-22(17-8-9-20-21(12-17)38-16-37-20)23(30-39-24)35-10-11-36-25-28-13-18(27)14-29-25/h3-9,12-14,32H,10-11,15-16H2,1-2H3. The molecule has 0 saturated carbocycles. The van der Waals surface area contributed by atoms with Crippen molar-refractivity contribution < 1.29 is 37.0 Å². The van der Waals surface area contributed by atoms with Gasteiger partial charge in [-0.1, -0.05) is 24.3 Å². The van der Waals surface area contributed by atoms with E-state index in [1.165, 1.54) is 12.1 Å². The summed E-state index contributed by atoms with van der Waals surface area (Å²) in [4.78, 5) is 8.11. The van der Waals surface area contributed by atoms with Crippen LogP contribution in [-0.2, 0) is 10.0 Å². The smallest absolute Gasteiger partial charge is 0.316 e. The quantitative estimate of drug-likeness (QED) is 0.239. The average Bonchev–Trinajstić information content (AvgIpc) is 3.59. The average molecular weight is 633 g/mol. The van der Waals surface area contributed by atoms with Crippen LogP contribution in [0.25, 0.3) is 11.1 Å². The summed E-state index contributed by atoms with van der Waals surface area (Å²) < 4.78 is 57.7. The van der Waals surface area contributed by atoms with E-state index in [0.717, 1.165) is 4.31 Å². The summed E-state index contributed by atoms with van der Waals surface area (Å²) in [5, 5.41) is 14.3. The predicted octanol–water partition coefficient (Wildman–Crippen LogP) is 4.05. The number of benzene rings is 2. The molecule has 12 nitrogen and oxygen atoms in total. The van der Waals surface area contributed by atoms with Crippen molar-refractivity contribution >= 4 is 31.8 Å². The summed E-state index contributed by atoms with van der Waals surface area (Å²) in [5.74, 6) is 0.867. The third-order valence-corrected chi connectivity index (χ3v) is 8.27. The Morgan fingerprint density at radius 2 is 1.73 bits per heavy atom. The van der Waals surface area contributed by atoms with E-state index >= 15 is 0 Å². The summed E-state index contributed by atoms with van der Waals surface area (Å²) in [5.41, 5.74) is -0.604. The SMILES string of the molecule is CC(C)(CO)N(c1onc(OCCOc2ncc(Br)cn2)c1-c1ccc2c(c1)OCO2)S(=O)(=O)c1ccccc1. The fraction of sp³-hybridized carbons (Fsp3) is 0.269. The van der Waals surface area contributed by atoms with Crippen LogP contribution in [0.4, 0.5) is 5.88 Å². The molecule has 0 aliphatic carbocycles. The molecule has 210 valence electrons. The molecule has 0 spiro atoms. The lowest BCUT2D eigenvalue weighted by molar-refractivity contribution is 0.174. The second kappa shape index (κ2) is 11.3. The van der Waals surface area contributed by atoms with E-state index in [9.17, 15) is 13.5 Å². The summed E-state index contributed by atoms with van der Waals surface area (Å²) in [6.45, 7) is 2.77.